The van der Waals surface area contributed by atoms with Gasteiger partial charge >= 0.3 is 5.97 Å². The average Bonchev–Trinajstić information content (AvgIpc) is 2.63. The molecule has 0 spiro atoms. The number of carboxylic acid groups (broad SMARTS) is 1. The van der Waals surface area contributed by atoms with Gasteiger partial charge in [-0.05, 0) is 61.7 Å². The molecule has 2 aromatic rings. The van der Waals surface area contributed by atoms with Gasteiger partial charge in [0, 0.05) is 32.2 Å². The third kappa shape index (κ3) is 4.88. The van der Waals surface area contributed by atoms with Crippen molar-refractivity contribution >= 4 is 5.97 Å². The maximum Gasteiger partial charge on any atom is 0.335 e. The van der Waals surface area contributed by atoms with Gasteiger partial charge < -0.3 is 15.2 Å². The summed E-state index contributed by atoms with van der Waals surface area (Å²) in [7, 11) is 0. The van der Waals surface area contributed by atoms with Crippen LogP contribution < -0.4 is 10.1 Å². The molecule has 150 valence electrons. The number of carboxylic acids is 1. The Hall–Kier alpha value is -2.44. The molecule has 0 amide bonds. The Morgan fingerprint density at radius 1 is 1.29 bits per heavy atom. The summed E-state index contributed by atoms with van der Waals surface area (Å²) in [6, 6.07) is 10.5. The van der Waals surface area contributed by atoms with Crippen molar-refractivity contribution in [1.82, 2.24) is 10.2 Å². The van der Waals surface area contributed by atoms with Crippen molar-refractivity contribution in [3.05, 3.63) is 64.5 Å². The number of benzene rings is 2. The van der Waals surface area contributed by atoms with E-state index < -0.39 is 5.97 Å². The van der Waals surface area contributed by atoms with Crippen LogP contribution in [0.2, 0.25) is 0 Å². The molecule has 0 radical (unpaired) electrons. The van der Waals surface area contributed by atoms with E-state index in [-0.39, 0.29) is 17.5 Å². The van der Waals surface area contributed by atoms with Crippen LogP contribution in [-0.2, 0) is 0 Å². The van der Waals surface area contributed by atoms with Gasteiger partial charge in [-0.25, -0.2) is 9.18 Å². The minimum atomic E-state index is -0.962. The van der Waals surface area contributed by atoms with Crippen LogP contribution in [0.3, 0.4) is 0 Å². The molecule has 1 aliphatic rings. The molecule has 0 aromatic heterocycles. The summed E-state index contributed by atoms with van der Waals surface area (Å²) in [5, 5.41) is 12.6. The number of halogens is 1. The van der Waals surface area contributed by atoms with Crippen molar-refractivity contribution < 1.29 is 19.0 Å². The summed E-state index contributed by atoms with van der Waals surface area (Å²) >= 11 is 0. The summed E-state index contributed by atoms with van der Waals surface area (Å²) in [5.41, 5.74) is 2.25. The summed E-state index contributed by atoms with van der Waals surface area (Å²) in [6.07, 6.45) is -0.351. The Balaban J connectivity index is 1.86. The number of nitrogens with zero attached hydrogens (tertiary/aromatic N) is 1. The van der Waals surface area contributed by atoms with E-state index in [1.165, 1.54) is 6.07 Å². The summed E-state index contributed by atoms with van der Waals surface area (Å²) in [4.78, 5) is 13.6. The molecule has 6 heteroatoms. The molecular formula is C22H27FN2O3. The van der Waals surface area contributed by atoms with Crippen molar-refractivity contribution in [3.63, 3.8) is 0 Å². The maximum atomic E-state index is 14.2. The lowest BCUT2D eigenvalue weighted by Crippen LogP contribution is -2.50. The van der Waals surface area contributed by atoms with Crippen LogP contribution in [0.15, 0.2) is 36.4 Å². The fourth-order valence-corrected chi connectivity index (χ4v) is 3.55. The van der Waals surface area contributed by atoms with Crippen molar-refractivity contribution in [2.45, 2.75) is 32.9 Å². The average molecular weight is 386 g/mol. The fraction of sp³-hybridized carbons (Fsp3) is 0.409. The molecule has 2 N–H and O–H groups in total. The monoisotopic (exact) mass is 386 g/mol. The van der Waals surface area contributed by atoms with E-state index >= 15 is 0 Å². The van der Waals surface area contributed by atoms with E-state index in [4.69, 9.17) is 4.74 Å². The second kappa shape index (κ2) is 8.71. The zero-order valence-electron chi connectivity index (χ0n) is 16.5. The van der Waals surface area contributed by atoms with Gasteiger partial charge in [0.1, 0.15) is 17.7 Å². The van der Waals surface area contributed by atoms with Gasteiger partial charge in [0.2, 0.25) is 0 Å². The van der Waals surface area contributed by atoms with Gasteiger partial charge in [-0.1, -0.05) is 12.1 Å². The van der Waals surface area contributed by atoms with Crippen molar-refractivity contribution in [1.29, 1.82) is 0 Å². The molecule has 2 aromatic carbocycles. The molecule has 0 unspecified atom stereocenters. The van der Waals surface area contributed by atoms with E-state index in [0.717, 1.165) is 25.2 Å². The first-order valence-corrected chi connectivity index (χ1v) is 9.56. The van der Waals surface area contributed by atoms with Crippen molar-refractivity contribution in [2.75, 3.05) is 26.2 Å². The fourth-order valence-electron chi connectivity index (χ4n) is 3.55. The summed E-state index contributed by atoms with van der Waals surface area (Å²) in [5.74, 6) is -0.634. The number of piperazine rings is 1. The Morgan fingerprint density at radius 3 is 2.71 bits per heavy atom. The quantitative estimate of drug-likeness (QED) is 0.795. The minimum absolute atomic E-state index is 0.251. The van der Waals surface area contributed by atoms with Crippen LogP contribution in [0.1, 0.15) is 40.1 Å². The molecule has 0 saturated carbocycles. The van der Waals surface area contributed by atoms with Gasteiger partial charge in [-0.2, -0.15) is 0 Å². The normalized spacial score (nSPS) is 18.6. The van der Waals surface area contributed by atoms with Crippen LogP contribution >= 0.6 is 0 Å². The largest absolute Gasteiger partial charge is 0.484 e. The highest BCUT2D eigenvalue weighted by Gasteiger charge is 2.23. The zero-order valence-corrected chi connectivity index (χ0v) is 16.5. The number of ether oxygens (including phenoxy) is 1. The van der Waals surface area contributed by atoms with Crippen LogP contribution in [0.5, 0.6) is 5.75 Å². The molecule has 0 bridgehead atoms. The maximum absolute atomic E-state index is 14.2. The molecule has 28 heavy (non-hydrogen) atoms. The van der Waals surface area contributed by atoms with Crippen LogP contribution in [0, 0.1) is 19.7 Å². The van der Waals surface area contributed by atoms with Gasteiger partial charge in [-0.3, -0.25) is 4.90 Å². The Bertz CT molecular complexity index is 856. The predicted molar refractivity (Wildman–Crippen MR) is 107 cm³/mol. The molecule has 5 nitrogen and oxygen atoms in total. The van der Waals surface area contributed by atoms with E-state index in [0.29, 0.717) is 29.5 Å². The lowest BCUT2D eigenvalue weighted by molar-refractivity contribution is 0.0696. The molecular weight excluding hydrogens is 359 g/mol. The summed E-state index contributed by atoms with van der Waals surface area (Å²) < 4.78 is 20.4. The first-order chi connectivity index (χ1) is 13.3. The number of carbonyl (C=O) groups is 1. The Kier molecular flexibility index (Phi) is 6.31. The number of nitrogens with one attached hydrogen (secondary N) is 1. The van der Waals surface area contributed by atoms with Gasteiger partial charge in [-0.15, -0.1) is 0 Å². The number of rotatable bonds is 6. The van der Waals surface area contributed by atoms with Crippen molar-refractivity contribution in [2.24, 2.45) is 0 Å². The van der Waals surface area contributed by atoms with Crippen LogP contribution in [0.25, 0.3) is 0 Å². The molecule has 1 aliphatic heterocycles. The third-order valence-corrected chi connectivity index (χ3v) is 5.15. The highest BCUT2D eigenvalue weighted by atomic mass is 19.1. The molecule has 2 atom stereocenters. The molecule has 1 heterocycles. The van der Waals surface area contributed by atoms with E-state index in [1.54, 1.807) is 38.1 Å². The second-order valence-corrected chi connectivity index (χ2v) is 7.51. The van der Waals surface area contributed by atoms with Gasteiger partial charge in [0.05, 0.1) is 5.56 Å². The molecule has 1 saturated heterocycles. The van der Waals surface area contributed by atoms with E-state index in [2.05, 4.69) is 17.1 Å². The number of aryl methyl sites for hydroxylation is 2. The number of hydrogen-bond donors (Lipinski definition) is 2. The van der Waals surface area contributed by atoms with E-state index in [1.807, 2.05) is 6.07 Å². The van der Waals surface area contributed by atoms with Crippen LogP contribution in [-0.4, -0.2) is 48.2 Å². The lowest BCUT2D eigenvalue weighted by atomic mass is 10.0. The first kappa shape index (κ1) is 20.3. The van der Waals surface area contributed by atoms with Crippen LogP contribution in [0.4, 0.5) is 4.39 Å². The zero-order chi connectivity index (χ0) is 20.3. The first-order valence-electron chi connectivity index (χ1n) is 9.56. The molecule has 3 rings (SSSR count). The summed E-state index contributed by atoms with van der Waals surface area (Å²) in [6.45, 7) is 8.95. The highest BCUT2D eigenvalue weighted by Crippen LogP contribution is 2.27. The Labute approximate surface area is 165 Å². The standard InChI is InChI=1S/C22H27FN2O3/c1-14-4-5-17(11-20(14)23)21(13-25-9-8-24-16(3)12-25)28-18-6-7-19(22(26)27)15(2)10-18/h4-7,10-11,16,21,24H,8-9,12-13H2,1-3H3,(H,26,27)/t16-,21+/m1/s1. The van der Waals surface area contributed by atoms with E-state index in [9.17, 15) is 14.3 Å². The lowest BCUT2D eigenvalue weighted by Gasteiger charge is -2.34. The topological polar surface area (TPSA) is 61.8 Å². The van der Waals surface area contributed by atoms with Gasteiger partial charge in [0.15, 0.2) is 0 Å². The Morgan fingerprint density at radius 2 is 2.07 bits per heavy atom. The molecule has 0 aliphatic carbocycles. The van der Waals surface area contributed by atoms with Crippen molar-refractivity contribution in [3.8, 4) is 5.75 Å². The minimum Gasteiger partial charge on any atom is -0.484 e. The second-order valence-electron chi connectivity index (χ2n) is 7.51. The third-order valence-electron chi connectivity index (χ3n) is 5.15. The SMILES string of the molecule is Cc1ccc([C@H](CN2CCN[C@H](C)C2)Oc2ccc(C(=O)O)c(C)c2)cc1F. The number of hydrogen-bond acceptors (Lipinski definition) is 4. The smallest absolute Gasteiger partial charge is 0.335 e. The highest BCUT2D eigenvalue weighted by molar-refractivity contribution is 5.89. The predicted octanol–water partition coefficient (Wildman–Crippen LogP) is 3.55. The van der Waals surface area contributed by atoms with Gasteiger partial charge in [0.25, 0.3) is 0 Å². The molecule has 1 fully saturated rings. The number of aromatic carboxylic acids is 1.